The van der Waals surface area contributed by atoms with Crippen molar-refractivity contribution in [2.24, 2.45) is 7.05 Å². The Labute approximate surface area is 265 Å². The zero-order chi connectivity index (χ0) is 31.1. The van der Waals surface area contributed by atoms with Crippen LogP contribution >= 0.6 is 22.9 Å². The second-order valence-electron chi connectivity index (χ2n) is 11.6. The molecular formula is C33H35ClN6O3S. The second kappa shape index (κ2) is 12.2. The van der Waals surface area contributed by atoms with Gasteiger partial charge >= 0.3 is 0 Å². The molecule has 9 nitrogen and oxygen atoms in total. The summed E-state index contributed by atoms with van der Waals surface area (Å²) >= 11 is 8.14. The normalized spacial score (nSPS) is 17.0. The fourth-order valence-electron chi connectivity index (χ4n) is 5.93. The lowest BCUT2D eigenvalue weighted by Gasteiger charge is -2.37. The highest BCUT2D eigenvalue weighted by molar-refractivity contribution is 7.14. The van der Waals surface area contributed by atoms with Gasteiger partial charge in [-0.25, -0.2) is 4.98 Å². The number of aromatic nitrogens is 2. The summed E-state index contributed by atoms with van der Waals surface area (Å²) in [5.74, 6) is 0.0390. The quantitative estimate of drug-likeness (QED) is 0.280. The number of hydrogen-bond donors (Lipinski definition) is 2. The van der Waals surface area contributed by atoms with Gasteiger partial charge in [-0.1, -0.05) is 29.8 Å². The van der Waals surface area contributed by atoms with Gasteiger partial charge in [0.05, 0.1) is 21.3 Å². The summed E-state index contributed by atoms with van der Waals surface area (Å²) in [4.78, 5) is 49.6. The van der Waals surface area contributed by atoms with Crippen molar-refractivity contribution in [1.82, 2.24) is 19.4 Å². The number of hydrogen-bond acceptors (Lipinski definition) is 7. The summed E-state index contributed by atoms with van der Waals surface area (Å²) in [5.41, 5.74) is 5.12. The molecular weight excluding hydrogens is 596 g/mol. The fourth-order valence-corrected chi connectivity index (χ4v) is 7.33. The van der Waals surface area contributed by atoms with Gasteiger partial charge in [-0.2, -0.15) is 0 Å². The zero-order valence-corrected chi connectivity index (χ0v) is 26.8. The van der Waals surface area contributed by atoms with E-state index in [2.05, 4.69) is 10.6 Å². The number of halogens is 1. The molecule has 6 rings (SSSR count). The van der Waals surface area contributed by atoms with Gasteiger partial charge in [0.15, 0.2) is 5.82 Å². The number of carbonyl (C=O) groups is 2. The van der Waals surface area contributed by atoms with Gasteiger partial charge in [0.2, 0.25) is 5.91 Å². The Bertz CT molecular complexity index is 1790. The van der Waals surface area contributed by atoms with Crippen molar-refractivity contribution < 1.29 is 9.59 Å². The van der Waals surface area contributed by atoms with Crippen LogP contribution in [-0.2, 0) is 24.7 Å². The first-order chi connectivity index (χ1) is 21.1. The summed E-state index contributed by atoms with van der Waals surface area (Å²) in [7, 11) is 5.45. The molecule has 2 amide bonds. The first kappa shape index (κ1) is 30.1. The predicted octanol–water partition coefficient (Wildman–Crippen LogP) is 5.79. The van der Waals surface area contributed by atoms with Gasteiger partial charge in [0.1, 0.15) is 6.04 Å². The van der Waals surface area contributed by atoms with Crippen LogP contribution < -0.4 is 16.2 Å². The molecule has 1 aliphatic heterocycles. The highest BCUT2D eigenvalue weighted by Crippen LogP contribution is 2.36. The summed E-state index contributed by atoms with van der Waals surface area (Å²) < 4.78 is 1.48. The van der Waals surface area contributed by atoms with Gasteiger partial charge in [-0.15, -0.1) is 11.3 Å². The molecule has 1 unspecified atom stereocenters. The van der Waals surface area contributed by atoms with Crippen molar-refractivity contribution in [1.29, 1.82) is 0 Å². The predicted molar refractivity (Wildman–Crippen MR) is 176 cm³/mol. The molecule has 44 heavy (non-hydrogen) atoms. The smallest absolute Gasteiger partial charge is 0.293 e. The lowest BCUT2D eigenvalue weighted by atomic mass is 9.99. The molecule has 2 aromatic carbocycles. The van der Waals surface area contributed by atoms with Gasteiger partial charge in [0.25, 0.3) is 11.5 Å². The van der Waals surface area contributed by atoms with E-state index in [0.717, 1.165) is 48.9 Å². The lowest BCUT2D eigenvalue weighted by Crippen LogP contribution is -2.48. The van der Waals surface area contributed by atoms with Crippen LogP contribution in [0.2, 0.25) is 5.02 Å². The largest absolute Gasteiger partial charge is 0.343 e. The highest BCUT2D eigenvalue weighted by Gasteiger charge is 2.32. The molecule has 2 aromatic heterocycles. The molecule has 0 radical (unpaired) electrons. The summed E-state index contributed by atoms with van der Waals surface area (Å²) in [6, 6.07) is 12.7. The van der Waals surface area contributed by atoms with Crippen LogP contribution in [0.4, 0.5) is 17.2 Å². The van der Waals surface area contributed by atoms with E-state index in [1.165, 1.54) is 15.0 Å². The van der Waals surface area contributed by atoms with Crippen molar-refractivity contribution in [3.63, 3.8) is 0 Å². The minimum absolute atomic E-state index is 0.0612. The van der Waals surface area contributed by atoms with Crippen LogP contribution in [0.1, 0.15) is 50.1 Å². The monoisotopic (exact) mass is 630 g/mol. The third-order valence-corrected chi connectivity index (χ3v) is 10.1. The molecule has 1 fully saturated rings. The lowest BCUT2D eigenvalue weighted by molar-refractivity contribution is -0.139. The van der Waals surface area contributed by atoms with E-state index < -0.39 is 0 Å². The highest BCUT2D eigenvalue weighted by atomic mass is 35.5. The number of aryl methyl sites for hydroxylation is 3. The summed E-state index contributed by atoms with van der Waals surface area (Å²) in [6.07, 6.45) is 6.03. The molecule has 1 aliphatic carbocycles. The molecule has 2 aliphatic rings. The third-order valence-electron chi connectivity index (χ3n) is 8.55. The van der Waals surface area contributed by atoms with E-state index >= 15 is 0 Å². The van der Waals surface area contributed by atoms with Crippen LogP contribution in [0.3, 0.4) is 0 Å². The number of amides is 2. The zero-order valence-electron chi connectivity index (χ0n) is 25.2. The average molecular weight is 631 g/mol. The summed E-state index contributed by atoms with van der Waals surface area (Å²) in [5, 5.41) is 6.62. The number of thiophene rings is 1. The van der Waals surface area contributed by atoms with E-state index in [0.29, 0.717) is 33.5 Å². The van der Waals surface area contributed by atoms with Gasteiger partial charge in [-0.05, 0) is 80.6 Å². The number of rotatable bonds is 6. The van der Waals surface area contributed by atoms with Crippen molar-refractivity contribution in [2.75, 3.05) is 37.8 Å². The van der Waals surface area contributed by atoms with Crippen LogP contribution in [-0.4, -0.2) is 58.4 Å². The first-order valence-electron chi connectivity index (χ1n) is 14.7. The van der Waals surface area contributed by atoms with Crippen LogP contribution in [0, 0.1) is 6.92 Å². The molecule has 228 valence electrons. The Morgan fingerprint density at radius 2 is 1.77 bits per heavy atom. The van der Waals surface area contributed by atoms with Gasteiger partial charge in [-0.3, -0.25) is 19.3 Å². The van der Waals surface area contributed by atoms with E-state index in [1.54, 1.807) is 35.5 Å². The first-order valence-corrected chi connectivity index (χ1v) is 15.9. The van der Waals surface area contributed by atoms with Crippen LogP contribution in [0.25, 0.3) is 11.3 Å². The maximum absolute atomic E-state index is 13.3. The minimum Gasteiger partial charge on any atom is -0.343 e. The molecule has 0 saturated carbocycles. The van der Waals surface area contributed by atoms with Gasteiger partial charge in [0, 0.05) is 49.5 Å². The Morgan fingerprint density at radius 1 is 1.02 bits per heavy atom. The molecule has 0 bridgehead atoms. The standard InChI is InChI=1S/C33H35ClN6O3S/c1-19-23(13-14-24(34)28(19)37-31(41)27-17-21-7-5-6-8-26(21)44-27)25-18-40(4)33(43)30(36-25)35-22-11-9-20(10-12-22)29-32(42)39(3)16-15-38(29)2/h9-14,17-18,29H,5-8,15-16H2,1-4H3,(H,35,36)(H,37,41). The molecule has 1 saturated heterocycles. The number of nitrogens with one attached hydrogen (secondary N) is 2. The second-order valence-corrected chi connectivity index (χ2v) is 13.1. The van der Waals surface area contributed by atoms with E-state index in [1.807, 2.05) is 62.3 Å². The Morgan fingerprint density at radius 3 is 2.52 bits per heavy atom. The SMILES string of the molecule is Cc1c(-c2cn(C)c(=O)c(Nc3ccc(C4C(=O)N(C)CCN4C)cc3)n2)ccc(Cl)c1NC(=O)c1cc2c(s1)CCCC2. The van der Waals surface area contributed by atoms with E-state index in [-0.39, 0.29) is 29.2 Å². The van der Waals surface area contributed by atoms with Crippen molar-refractivity contribution in [3.05, 3.63) is 90.5 Å². The van der Waals surface area contributed by atoms with E-state index in [9.17, 15) is 14.4 Å². The number of likely N-dealkylation sites (N-methyl/N-ethyl adjacent to an activating group) is 2. The molecule has 11 heteroatoms. The van der Waals surface area contributed by atoms with Crippen molar-refractivity contribution in [3.8, 4) is 11.3 Å². The van der Waals surface area contributed by atoms with Crippen LogP contribution in [0.15, 0.2) is 53.5 Å². The fraction of sp³-hybridized carbons (Fsp3) is 0.333. The number of benzene rings is 2. The Kier molecular flexibility index (Phi) is 8.32. The Hall–Kier alpha value is -3.99. The van der Waals surface area contributed by atoms with Crippen molar-refractivity contribution >= 4 is 51.9 Å². The number of carbonyl (C=O) groups excluding carboxylic acids is 2. The van der Waals surface area contributed by atoms with Crippen LogP contribution in [0.5, 0.6) is 0 Å². The third kappa shape index (κ3) is 5.77. The van der Waals surface area contributed by atoms with E-state index in [4.69, 9.17) is 16.6 Å². The molecule has 1 atom stereocenters. The van der Waals surface area contributed by atoms with Crippen molar-refractivity contribution in [2.45, 2.75) is 38.6 Å². The number of anilines is 3. The maximum Gasteiger partial charge on any atom is 0.293 e. The number of nitrogens with zero attached hydrogens (tertiary/aromatic N) is 4. The Balaban J connectivity index is 1.26. The number of fused-ring (bicyclic) bond motifs is 1. The minimum atomic E-state index is -0.343. The average Bonchev–Trinajstić information content (AvgIpc) is 3.45. The summed E-state index contributed by atoms with van der Waals surface area (Å²) in [6.45, 7) is 3.38. The molecule has 4 aromatic rings. The maximum atomic E-state index is 13.3. The molecule has 3 heterocycles. The topological polar surface area (TPSA) is 99.6 Å². The molecule has 0 spiro atoms. The van der Waals surface area contributed by atoms with Gasteiger partial charge < -0.3 is 20.1 Å². The number of piperazine rings is 1. The molecule has 2 N–H and O–H groups in total.